The quantitative estimate of drug-likeness (QED) is 0.0194. The fourth-order valence-electron chi connectivity index (χ4n) is 6.24. The molecule has 0 heterocycles. The van der Waals surface area contributed by atoms with E-state index in [1.165, 1.54) is 12.8 Å². The van der Waals surface area contributed by atoms with E-state index in [1.54, 1.807) is 12.2 Å². The second-order valence-corrected chi connectivity index (χ2v) is 16.0. The Labute approximate surface area is 328 Å². The van der Waals surface area contributed by atoms with Gasteiger partial charge in [0.1, 0.15) is 18.4 Å². The number of esters is 2. The number of unbranched alkanes of at least 4 members (excludes halogenated alkanes) is 12. The van der Waals surface area contributed by atoms with Crippen molar-refractivity contribution >= 4 is 31.5 Å². The standard InChI is InChI=1S/C40H70NO13P/c1-3-5-7-8-9-10-11-12-13-14-19-23-38(45)51-28-32(29-52-55(49,50)53-30-35(41)40(47)48)54-39(46)24-20-16-15-18-22-33-34(37(44)27-36(33)43)26-25-31(42)21-17-6-4-2/h8-9,25-26,31-36,42-43H,3-7,10-24,27-30,41H2,1-2H3,(H,47,48)(H,49,50)/b9-8-,26-25+/t31-,32+,33+,34+,35-,36-/m0/s1. The minimum absolute atomic E-state index is 0.0194. The lowest BCUT2D eigenvalue weighted by atomic mass is 9.88. The molecule has 1 aliphatic rings. The lowest BCUT2D eigenvalue weighted by Gasteiger charge is -2.20. The van der Waals surface area contributed by atoms with E-state index in [2.05, 4.69) is 30.5 Å². The maximum atomic E-state index is 12.7. The van der Waals surface area contributed by atoms with Crippen molar-refractivity contribution in [3.63, 3.8) is 0 Å². The van der Waals surface area contributed by atoms with Gasteiger partial charge in [0.05, 0.1) is 25.4 Å². The van der Waals surface area contributed by atoms with Gasteiger partial charge in [-0.15, -0.1) is 0 Å². The van der Waals surface area contributed by atoms with E-state index in [0.717, 1.165) is 70.6 Å². The van der Waals surface area contributed by atoms with Crippen molar-refractivity contribution in [1.29, 1.82) is 0 Å². The molecular weight excluding hydrogens is 733 g/mol. The molecule has 1 saturated carbocycles. The van der Waals surface area contributed by atoms with Crippen LogP contribution in [0.5, 0.6) is 0 Å². The monoisotopic (exact) mass is 803 g/mol. The molecular formula is C40H70NO13P. The van der Waals surface area contributed by atoms with Crippen LogP contribution in [0.2, 0.25) is 0 Å². The van der Waals surface area contributed by atoms with Crippen LogP contribution in [-0.4, -0.2) is 88.1 Å². The summed E-state index contributed by atoms with van der Waals surface area (Å²) >= 11 is 0. The molecule has 0 amide bonds. The molecule has 55 heavy (non-hydrogen) atoms. The normalized spacial score (nSPS) is 20.1. The summed E-state index contributed by atoms with van der Waals surface area (Å²) in [6.45, 7) is 2.39. The lowest BCUT2D eigenvalue weighted by Crippen LogP contribution is -2.34. The Kier molecular flexibility index (Phi) is 28.2. The molecule has 6 N–H and O–H groups in total. The van der Waals surface area contributed by atoms with E-state index >= 15 is 0 Å². The molecule has 0 aromatic heterocycles. The zero-order valence-electron chi connectivity index (χ0n) is 33.2. The molecule has 0 bridgehead atoms. The van der Waals surface area contributed by atoms with Crippen LogP contribution in [-0.2, 0) is 42.3 Å². The second-order valence-electron chi connectivity index (χ2n) is 14.5. The number of carbonyl (C=O) groups is 4. The van der Waals surface area contributed by atoms with Crippen LogP contribution >= 0.6 is 7.82 Å². The van der Waals surface area contributed by atoms with Crippen molar-refractivity contribution in [2.24, 2.45) is 17.6 Å². The largest absolute Gasteiger partial charge is 0.480 e. The number of aliphatic carboxylic acids is 1. The Morgan fingerprint density at radius 1 is 0.836 bits per heavy atom. The number of carboxylic acids is 1. The smallest absolute Gasteiger partial charge is 0.472 e. The molecule has 1 fully saturated rings. The van der Waals surface area contributed by atoms with E-state index < -0.39 is 75.8 Å². The number of phosphoric acid groups is 1. The molecule has 0 aromatic carbocycles. The summed E-state index contributed by atoms with van der Waals surface area (Å²) in [5.41, 5.74) is 5.31. The van der Waals surface area contributed by atoms with Crippen LogP contribution in [0.15, 0.2) is 24.3 Å². The first kappa shape index (κ1) is 50.6. The highest BCUT2D eigenvalue weighted by atomic mass is 31.2. The van der Waals surface area contributed by atoms with Crippen molar-refractivity contribution in [1.82, 2.24) is 0 Å². The highest BCUT2D eigenvalue weighted by Crippen LogP contribution is 2.43. The summed E-state index contributed by atoms with van der Waals surface area (Å²) in [5.74, 6) is -3.26. The molecule has 0 saturated heterocycles. The molecule has 318 valence electrons. The topological polar surface area (TPSA) is 229 Å². The number of allylic oxidation sites excluding steroid dienone is 3. The number of hydrogen-bond acceptors (Lipinski definition) is 12. The van der Waals surface area contributed by atoms with Crippen LogP contribution in [0.25, 0.3) is 0 Å². The van der Waals surface area contributed by atoms with Crippen molar-refractivity contribution in [2.45, 2.75) is 173 Å². The van der Waals surface area contributed by atoms with E-state index in [4.69, 9.17) is 24.8 Å². The number of nitrogens with two attached hydrogens (primary N) is 1. The van der Waals surface area contributed by atoms with Crippen LogP contribution in [0.3, 0.4) is 0 Å². The molecule has 0 spiro atoms. The molecule has 0 aromatic rings. The fraction of sp³-hybridized carbons (Fsp3) is 0.800. The zero-order chi connectivity index (χ0) is 40.9. The van der Waals surface area contributed by atoms with Gasteiger partial charge in [-0.2, -0.15) is 0 Å². The molecule has 1 rings (SSSR count). The Morgan fingerprint density at radius 2 is 1.44 bits per heavy atom. The number of ether oxygens (including phenoxy) is 2. The van der Waals surface area contributed by atoms with Gasteiger partial charge in [-0.1, -0.05) is 109 Å². The molecule has 0 radical (unpaired) electrons. The zero-order valence-corrected chi connectivity index (χ0v) is 34.1. The van der Waals surface area contributed by atoms with Gasteiger partial charge < -0.3 is 35.4 Å². The summed E-state index contributed by atoms with van der Waals surface area (Å²) < 4.78 is 32.6. The van der Waals surface area contributed by atoms with Gasteiger partial charge in [-0.3, -0.25) is 28.2 Å². The Morgan fingerprint density at radius 3 is 2.11 bits per heavy atom. The van der Waals surface area contributed by atoms with Crippen LogP contribution < -0.4 is 5.73 Å². The second kappa shape index (κ2) is 30.7. The van der Waals surface area contributed by atoms with Gasteiger partial charge in [-0.25, -0.2) is 4.57 Å². The number of carbonyl (C=O) groups excluding carboxylic acids is 3. The summed E-state index contributed by atoms with van der Waals surface area (Å²) in [5, 5.41) is 29.6. The number of aliphatic hydroxyl groups is 2. The Hall–Kier alpha value is -2.45. The minimum atomic E-state index is -4.78. The van der Waals surface area contributed by atoms with Gasteiger partial charge in [0.25, 0.3) is 0 Å². The number of hydrogen-bond donors (Lipinski definition) is 5. The van der Waals surface area contributed by atoms with Crippen LogP contribution in [0, 0.1) is 11.8 Å². The predicted octanol–water partition coefficient (Wildman–Crippen LogP) is 6.87. The first-order chi connectivity index (χ1) is 26.3. The summed E-state index contributed by atoms with van der Waals surface area (Å²) in [7, 11) is -4.78. The van der Waals surface area contributed by atoms with E-state index in [-0.39, 0.29) is 31.0 Å². The van der Waals surface area contributed by atoms with Crippen LogP contribution in [0.4, 0.5) is 0 Å². The van der Waals surface area contributed by atoms with Gasteiger partial charge >= 0.3 is 25.7 Å². The van der Waals surface area contributed by atoms with Crippen molar-refractivity contribution < 1.29 is 62.5 Å². The van der Waals surface area contributed by atoms with E-state index in [0.29, 0.717) is 32.1 Å². The number of carboxylic acid groups (broad SMARTS) is 1. The summed E-state index contributed by atoms with van der Waals surface area (Å²) in [4.78, 5) is 58.5. The van der Waals surface area contributed by atoms with Gasteiger partial charge in [0.15, 0.2) is 6.10 Å². The van der Waals surface area contributed by atoms with Crippen molar-refractivity contribution in [3.8, 4) is 0 Å². The molecule has 1 aliphatic carbocycles. The minimum Gasteiger partial charge on any atom is -0.480 e. The maximum Gasteiger partial charge on any atom is 0.472 e. The average Bonchev–Trinajstić information content (AvgIpc) is 3.41. The van der Waals surface area contributed by atoms with E-state index in [1.807, 2.05) is 0 Å². The molecule has 0 aliphatic heterocycles. The number of ketones is 1. The predicted molar refractivity (Wildman–Crippen MR) is 209 cm³/mol. The summed E-state index contributed by atoms with van der Waals surface area (Å²) in [6, 6.07) is -1.56. The fourth-order valence-corrected chi connectivity index (χ4v) is 7.02. The third-order valence-electron chi connectivity index (χ3n) is 9.58. The Balaban J connectivity index is 2.53. The number of phosphoric ester groups is 1. The number of aliphatic hydroxyl groups excluding tert-OH is 2. The first-order valence-corrected chi connectivity index (χ1v) is 22.0. The van der Waals surface area contributed by atoms with Gasteiger partial charge in [0.2, 0.25) is 0 Å². The SMILES string of the molecule is CCCC/C=C\CCCCCCCC(=O)OC[C@H](COP(=O)(O)OC[C@H](N)C(=O)O)OC(=O)CCCCCC[C@H]1[C@@H](O)CC(=O)[C@@H]1/C=C/[C@@H](O)CCCCC. The van der Waals surface area contributed by atoms with Gasteiger partial charge in [0, 0.05) is 25.2 Å². The Bertz CT molecular complexity index is 1200. The summed E-state index contributed by atoms with van der Waals surface area (Å²) in [6.07, 6.45) is 21.6. The van der Waals surface area contributed by atoms with Crippen molar-refractivity contribution in [3.05, 3.63) is 24.3 Å². The number of Topliss-reactive ketones (excluding diaryl/α,β-unsaturated/α-hetero) is 1. The van der Waals surface area contributed by atoms with E-state index in [9.17, 15) is 38.8 Å². The highest BCUT2D eigenvalue weighted by Gasteiger charge is 2.39. The lowest BCUT2D eigenvalue weighted by molar-refractivity contribution is -0.161. The highest BCUT2D eigenvalue weighted by molar-refractivity contribution is 7.47. The average molecular weight is 804 g/mol. The molecule has 7 atom stereocenters. The molecule has 1 unspecified atom stereocenters. The maximum absolute atomic E-state index is 12.7. The van der Waals surface area contributed by atoms with Crippen LogP contribution in [0.1, 0.15) is 149 Å². The van der Waals surface area contributed by atoms with Crippen molar-refractivity contribution in [2.75, 3.05) is 19.8 Å². The first-order valence-electron chi connectivity index (χ1n) is 20.5. The number of rotatable bonds is 34. The third-order valence-corrected chi connectivity index (χ3v) is 10.5. The molecule has 15 heteroatoms. The van der Waals surface area contributed by atoms with Gasteiger partial charge in [-0.05, 0) is 50.9 Å². The molecule has 14 nitrogen and oxygen atoms in total. The third kappa shape index (κ3) is 25.4.